The number of hydrogen-bond donors (Lipinski definition) is 3. The van der Waals surface area contributed by atoms with Crippen molar-refractivity contribution in [3.63, 3.8) is 0 Å². The van der Waals surface area contributed by atoms with Gasteiger partial charge in [-0.15, -0.1) is 0 Å². The predicted molar refractivity (Wildman–Crippen MR) is 87.9 cm³/mol. The Morgan fingerprint density at radius 1 is 1.15 bits per heavy atom. The molecule has 4 unspecified atom stereocenters. The molecule has 8 atom stereocenters. The highest BCUT2D eigenvalue weighted by Crippen LogP contribution is 2.30. The predicted octanol–water partition coefficient (Wildman–Crippen LogP) is 0.284. The second-order valence-electron chi connectivity index (χ2n) is 6.39. The summed E-state index contributed by atoms with van der Waals surface area (Å²) in [6, 6.07) is -1.98. The van der Waals surface area contributed by atoms with Crippen LogP contribution in [0.5, 0.6) is 0 Å². The summed E-state index contributed by atoms with van der Waals surface area (Å²) in [4.78, 5) is 16.3. The van der Waals surface area contributed by atoms with E-state index in [1.165, 1.54) is 6.92 Å². The summed E-state index contributed by atoms with van der Waals surface area (Å²) in [7, 11) is 0. The molecule has 1 saturated carbocycles. The topological polar surface area (TPSA) is 203 Å². The minimum Gasteiger partial charge on any atom is -0.463 e. The van der Waals surface area contributed by atoms with Crippen molar-refractivity contribution in [1.29, 1.82) is 0 Å². The quantitative estimate of drug-likeness (QED) is 0.251. The fraction of sp³-hybridized carbons (Fsp3) is 0.929. The number of carbonyl (C=O) groups excluding carboxylic acids is 1. The Labute approximate surface area is 154 Å². The Bertz CT molecular complexity index is 623. The molecule has 13 heteroatoms. The summed E-state index contributed by atoms with van der Waals surface area (Å²) in [6.07, 6.45) is -5.78. The van der Waals surface area contributed by atoms with E-state index in [0.717, 1.165) is 0 Å². The number of azide groups is 2. The van der Waals surface area contributed by atoms with E-state index in [4.69, 9.17) is 25.3 Å². The third-order valence-electron chi connectivity index (χ3n) is 4.58. The molecule has 0 aromatic heterocycles. The third-order valence-corrected chi connectivity index (χ3v) is 4.58. The van der Waals surface area contributed by atoms with Crippen LogP contribution in [0.2, 0.25) is 0 Å². The van der Waals surface area contributed by atoms with Crippen molar-refractivity contribution < 1.29 is 34.3 Å². The first-order valence-corrected chi connectivity index (χ1v) is 8.46. The molecule has 27 heavy (non-hydrogen) atoms. The van der Waals surface area contributed by atoms with Crippen molar-refractivity contribution in [3.8, 4) is 0 Å². The van der Waals surface area contributed by atoms with Gasteiger partial charge in [-0.3, -0.25) is 4.79 Å². The third kappa shape index (κ3) is 5.21. The van der Waals surface area contributed by atoms with Crippen LogP contribution in [0.1, 0.15) is 26.2 Å². The minimum absolute atomic E-state index is 0.338. The van der Waals surface area contributed by atoms with E-state index in [0.29, 0.717) is 19.3 Å². The zero-order chi connectivity index (χ0) is 20.0. The van der Waals surface area contributed by atoms with Gasteiger partial charge < -0.3 is 29.5 Å². The van der Waals surface area contributed by atoms with Crippen molar-refractivity contribution in [2.45, 2.75) is 75.1 Å². The number of esters is 1. The van der Waals surface area contributed by atoms with E-state index in [1.807, 2.05) is 0 Å². The molecule has 0 radical (unpaired) electrons. The first-order chi connectivity index (χ1) is 12.9. The number of rotatable bonds is 6. The standard InChI is InChI=1S/C14H22N6O7/c1-6(21)25-5-9-12(23)10(18-20-16)13(24)14(27-9)26-8-4-2-3-7(11(8)22)17-19-15/h7-14,22-24H,2-5H2,1H3/t7?,8-,9?,10?,11?,12+,13+,14-/m1/s1. The Hall–Kier alpha value is -2.11. The fourth-order valence-electron chi connectivity index (χ4n) is 3.19. The van der Waals surface area contributed by atoms with Crippen LogP contribution in [0.4, 0.5) is 0 Å². The lowest BCUT2D eigenvalue weighted by atomic mass is 9.90. The summed E-state index contributed by atoms with van der Waals surface area (Å²) in [5.41, 5.74) is 17.3. The van der Waals surface area contributed by atoms with Crippen molar-refractivity contribution in [2.75, 3.05) is 6.61 Å². The normalized spacial score (nSPS) is 39.0. The maximum Gasteiger partial charge on any atom is 0.302 e. The molecule has 1 aliphatic carbocycles. The van der Waals surface area contributed by atoms with Gasteiger partial charge >= 0.3 is 5.97 Å². The second kappa shape index (κ2) is 9.72. The van der Waals surface area contributed by atoms with Crippen LogP contribution in [0.25, 0.3) is 20.9 Å². The Balaban J connectivity index is 2.13. The van der Waals surface area contributed by atoms with Crippen LogP contribution >= 0.6 is 0 Å². The van der Waals surface area contributed by atoms with Crippen LogP contribution < -0.4 is 0 Å². The average molecular weight is 386 g/mol. The van der Waals surface area contributed by atoms with Gasteiger partial charge in [-0.1, -0.05) is 16.6 Å². The molecule has 1 aliphatic heterocycles. The van der Waals surface area contributed by atoms with Gasteiger partial charge in [-0.25, -0.2) is 0 Å². The monoisotopic (exact) mass is 386 g/mol. The molecular weight excluding hydrogens is 364 g/mol. The summed E-state index contributed by atoms with van der Waals surface area (Å²) in [5, 5.41) is 37.8. The summed E-state index contributed by atoms with van der Waals surface area (Å²) in [5.74, 6) is -0.602. The number of carbonyl (C=O) groups is 1. The highest BCUT2D eigenvalue weighted by Gasteiger charge is 2.47. The zero-order valence-electron chi connectivity index (χ0n) is 14.6. The number of nitrogens with zero attached hydrogens (tertiary/aromatic N) is 6. The van der Waals surface area contributed by atoms with Crippen LogP contribution in [-0.2, 0) is 19.0 Å². The lowest BCUT2D eigenvalue weighted by Gasteiger charge is -2.43. The zero-order valence-corrected chi connectivity index (χ0v) is 14.6. The highest BCUT2D eigenvalue weighted by atomic mass is 16.7. The summed E-state index contributed by atoms with van der Waals surface area (Å²) in [6.45, 7) is 0.840. The maximum atomic E-state index is 11.0. The maximum absolute atomic E-state index is 11.0. The Kier molecular flexibility index (Phi) is 7.63. The largest absolute Gasteiger partial charge is 0.463 e. The first kappa shape index (κ1) is 21.2. The van der Waals surface area contributed by atoms with E-state index >= 15 is 0 Å². The lowest BCUT2D eigenvalue weighted by molar-refractivity contribution is -0.299. The minimum atomic E-state index is -1.52. The van der Waals surface area contributed by atoms with Gasteiger partial charge in [0, 0.05) is 16.7 Å². The summed E-state index contributed by atoms with van der Waals surface area (Å²) < 4.78 is 16.0. The van der Waals surface area contributed by atoms with Crippen LogP contribution in [0.3, 0.4) is 0 Å². The number of aliphatic hydroxyl groups excluding tert-OH is 3. The molecular formula is C14H22N6O7. The summed E-state index contributed by atoms with van der Waals surface area (Å²) >= 11 is 0. The van der Waals surface area contributed by atoms with Crippen LogP contribution in [0.15, 0.2) is 10.2 Å². The molecule has 0 aromatic carbocycles. The number of ether oxygens (including phenoxy) is 3. The fourth-order valence-corrected chi connectivity index (χ4v) is 3.19. The van der Waals surface area contributed by atoms with Gasteiger partial charge in [0.15, 0.2) is 6.29 Å². The SMILES string of the molecule is CC(=O)OCC1O[C@@H](O[C@@H]2CCCC(N=[N+]=[N-])C2O)[C@@H](O)C(N=[N+]=[N-])[C@H]1O. The van der Waals surface area contributed by atoms with Gasteiger partial charge in [0.2, 0.25) is 0 Å². The molecule has 150 valence electrons. The van der Waals surface area contributed by atoms with Gasteiger partial charge in [-0.05, 0) is 23.9 Å². The number of hydrogen-bond acceptors (Lipinski definition) is 9. The molecule has 2 rings (SSSR count). The smallest absolute Gasteiger partial charge is 0.302 e. The second-order valence-corrected chi connectivity index (χ2v) is 6.39. The van der Waals surface area contributed by atoms with E-state index in [1.54, 1.807) is 0 Å². The van der Waals surface area contributed by atoms with Crippen LogP contribution in [0, 0.1) is 0 Å². The van der Waals surface area contributed by atoms with Crippen molar-refractivity contribution in [2.24, 2.45) is 10.2 Å². The van der Waals surface area contributed by atoms with E-state index in [2.05, 4.69) is 20.1 Å². The lowest BCUT2D eigenvalue weighted by Crippen LogP contribution is -2.60. The van der Waals surface area contributed by atoms with Gasteiger partial charge in [0.1, 0.15) is 18.8 Å². The van der Waals surface area contributed by atoms with E-state index < -0.39 is 54.9 Å². The van der Waals surface area contributed by atoms with Crippen molar-refractivity contribution in [3.05, 3.63) is 20.9 Å². The molecule has 2 fully saturated rings. The molecule has 0 aromatic rings. The molecule has 0 amide bonds. The van der Waals surface area contributed by atoms with E-state index in [-0.39, 0.29) is 6.61 Å². The molecule has 3 N–H and O–H groups in total. The molecule has 2 aliphatic rings. The highest BCUT2D eigenvalue weighted by molar-refractivity contribution is 5.65. The van der Waals surface area contributed by atoms with Gasteiger partial charge in [0.05, 0.1) is 30.4 Å². The Morgan fingerprint density at radius 3 is 2.48 bits per heavy atom. The van der Waals surface area contributed by atoms with E-state index in [9.17, 15) is 20.1 Å². The van der Waals surface area contributed by atoms with Crippen molar-refractivity contribution >= 4 is 5.97 Å². The van der Waals surface area contributed by atoms with Crippen LogP contribution in [-0.4, -0.2) is 76.8 Å². The molecule has 0 spiro atoms. The number of aliphatic hydroxyl groups is 3. The first-order valence-electron chi connectivity index (χ1n) is 8.46. The Morgan fingerprint density at radius 2 is 1.85 bits per heavy atom. The molecule has 0 bridgehead atoms. The van der Waals surface area contributed by atoms with Gasteiger partial charge in [-0.2, -0.15) is 0 Å². The molecule has 1 heterocycles. The molecule has 13 nitrogen and oxygen atoms in total. The van der Waals surface area contributed by atoms with Gasteiger partial charge in [0.25, 0.3) is 0 Å². The molecule has 1 saturated heterocycles. The van der Waals surface area contributed by atoms with Crippen molar-refractivity contribution in [1.82, 2.24) is 0 Å². The average Bonchev–Trinajstić information content (AvgIpc) is 2.63.